The molecule has 1 aliphatic rings. The van der Waals surface area contributed by atoms with Crippen LogP contribution in [0.15, 0.2) is 23.6 Å². The molecule has 0 fully saturated rings. The van der Waals surface area contributed by atoms with Crippen molar-refractivity contribution in [3.63, 3.8) is 0 Å². The third-order valence-corrected chi connectivity index (χ3v) is 1.61. The molecule has 1 nitrogen and oxygen atoms in total. The van der Waals surface area contributed by atoms with Crippen LogP contribution >= 0.6 is 0 Å². The molecule has 0 aliphatic heterocycles. The molecule has 56 valence electrons. The molecule has 1 rings (SSSR count). The van der Waals surface area contributed by atoms with Crippen LogP contribution < -0.4 is 0 Å². The second-order valence-electron chi connectivity index (χ2n) is 2.44. The molecule has 0 bridgehead atoms. The van der Waals surface area contributed by atoms with Crippen LogP contribution in [-0.4, -0.2) is 13.2 Å². The first kappa shape index (κ1) is 7.48. The van der Waals surface area contributed by atoms with Crippen molar-refractivity contribution in [2.45, 2.75) is 19.4 Å². The van der Waals surface area contributed by atoms with E-state index in [0.29, 0.717) is 6.42 Å². The third-order valence-electron chi connectivity index (χ3n) is 1.61. The van der Waals surface area contributed by atoms with Crippen molar-refractivity contribution < 1.29 is 9.13 Å². The number of methoxy groups -OCH3 is 1. The second kappa shape index (κ2) is 2.97. The van der Waals surface area contributed by atoms with E-state index in [1.165, 1.54) is 13.2 Å². The van der Waals surface area contributed by atoms with Crippen LogP contribution in [0, 0.1) is 0 Å². The highest BCUT2D eigenvalue weighted by atomic mass is 19.1. The molecule has 1 aliphatic carbocycles. The van der Waals surface area contributed by atoms with Gasteiger partial charge in [0, 0.05) is 7.11 Å². The lowest BCUT2D eigenvalue weighted by Gasteiger charge is -2.14. The highest BCUT2D eigenvalue weighted by molar-refractivity contribution is 5.25. The Balaban J connectivity index is 2.68. The zero-order valence-electron chi connectivity index (χ0n) is 6.23. The van der Waals surface area contributed by atoms with Gasteiger partial charge in [-0.1, -0.05) is 11.6 Å². The van der Waals surface area contributed by atoms with E-state index in [0.717, 1.165) is 5.57 Å². The maximum atomic E-state index is 12.8. The predicted molar refractivity (Wildman–Crippen MR) is 38.4 cm³/mol. The monoisotopic (exact) mass is 142 g/mol. The first-order valence-corrected chi connectivity index (χ1v) is 3.30. The van der Waals surface area contributed by atoms with Gasteiger partial charge in [-0.3, -0.25) is 0 Å². The van der Waals surface area contributed by atoms with Crippen LogP contribution in [0.3, 0.4) is 0 Å². The van der Waals surface area contributed by atoms with E-state index in [1.807, 2.05) is 13.0 Å². The molecule has 0 aromatic heterocycles. The number of ether oxygens (including phenoxy) is 1. The maximum absolute atomic E-state index is 12.8. The lowest BCUT2D eigenvalue weighted by atomic mass is 10.1. The second-order valence-corrected chi connectivity index (χ2v) is 2.44. The van der Waals surface area contributed by atoms with Crippen molar-refractivity contribution in [3.05, 3.63) is 23.6 Å². The zero-order chi connectivity index (χ0) is 7.56. The van der Waals surface area contributed by atoms with Crippen molar-refractivity contribution in [2.24, 2.45) is 0 Å². The summed E-state index contributed by atoms with van der Waals surface area (Å²) in [5.41, 5.74) is 0.978. The topological polar surface area (TPSA) is 9.23 Å². The highest BCUT2D eigenvalue weighted by Crippen LogP contribution is 2.20. The lowest BCUT2D eigenvalue weighted by molar-refractivity contribution is 0.113. The van der Waals surface area contributed by atoms with Crippen LogP contribution in [0.2, 0.25) is 0 Å². The third kappa shape index (κ3) is 1.45. The van der Waals surface area contributed by atoms with Crippen molar-refractivity contribution in [2.75, 3.05) is 7.11 Å². The normalized spacial score (nSPS) is 25.7. The summed E-state index contributed by atoms with van der Waals surface area (Å²) in [6.45, 7) is 1.88. The summed E-state index contributed by atoms with van der Waals surface area (Å²) in [4.78, 5) is 0. The molecule has 0 saturated carbocycles. The fourth-order valence-corrected chi connectivity index (χ4v) is 0.984. The van der Waals surface area contributed by atoms with Crippen molar-refractivity contribution in [1.29, 1.82) is 0 Å². The van der Waals surface area contributed by atoms with E-state index in [9.17, 15) is 4.39 Å². The van der Waals surface area contributed by atoms with Crippen LogP contribution in [0.5, 0.6) is 0 Å². The van der Waals surface area contributed by atoms with Gasteiger partial charge in [-0.2, -0.15) is 0 Å². The predicted octanol–water partition coefficient (Wildman–Crippen LogP) is 2.20. The first-order valence-electron chi connectivity index (χ1n) is 3.30. The van der Waals surface area contributed by atoms with E-state index in [-0.39, 0.29) is 11.9 Å². The lowest BCUT2D eigenvalue weighted by Crippen LogP contribution is -2.12. The number of halogens is 1. The average Bonchev–Trinajstić information content (AvgIpc) is 1.88. The minimum Gasteiger partial charge on any atom is -0.374 e. The molecule has 0 saturated heterocycles. The molecule has 0 N–H and O–H groups in total. The highest BCUT2D eigenvalue weighted by Gasteiger charge is 2.14. The standard InChI is InChI=1S/C8H11FO/c1-6-3-4-8(10-2)7(9)5-6/h3,5,8H,4H2,1-2H3. The fourth-order valence-electron chi connectivity index (χ4n) is 0.984. The van der Waals surface area contributed by atoms with Gasteiger partial charge >= 0.3 is 0 Å². The van der Waals surface area contributed by atoms with Crippen LogP contribution in [0.4, 0.5) is 4.39 Å². The fraction of sp³-hybridized carbons (Fsp3) is 0.500. The molecule has 0 aromatic carbocycles. The van der Waals surface area contributed by atoms with Gasteiger partial charge in [0.05, 0.1) is 0 Å². The SMILES string of the molecule is COC1CC=C(C)C=C1F. The quantitative estimate of drug-likeness (QED) is 0.545. The number of allylic oxidation sites excluding steroid dienone is 2. The minimum absolute atomic E-state index is 0.164. The van der Waals surface area contributed by atoms with E-state index in [4.69, 9.17) is 4.74 Å². The van der Waals surface area contributed by atoms with Gasteiger partial charge in [-0.05, 0) is 19.4 Å². The summed E-state index contributed by atoms with van der Waals surface area (Å²) < 4.78 is 17.7. The Kier molecular flexibility index (Phi) is 2.22. The molecular weight excluding hydrogens is 131 g/mol. The zero-order valence-corrected chi connectivity index (χ0v) is 6.23. The Bertz CT molecular complexity index is 182. The summed E-state index contributed by atoms with van der Waals surface area (Å²) >= 11 is 0. The Morgan fingerprint density at radius 1 is 1.70 bits per heavy atom. The average molecular weight is 142 g/mol. The smallest absolute Gasteiger partial charge is 0.129 e. The molecule has 1 unspecified atom stereocenters. The Labute approximate surface area is 60.2 Å². The van der Waals surface area contributed by atoms with E-state index < -0.39 is 0 Å². The summed E-state index contributed by atoms with van der Waals surface area (Å²) in [5.74, 6) is -0.164. The van der Waals surface area contributed by atoms with Crippen molar-refractivity contribution in [1.82, 2.24) is 0 Å². The Morgan fingerprint density at radius 2 is 2.40 bits per heavy atom. The first-order chi connectivity index (χ1) is 4.74. The number of hydrogen-bond donors (Lipinski definition) is 0. The summed E-state index contributed by atoms with van der Waals surface area (Å²) in [7, 11) is 1.52. The maximum Gasteiger partial charge on any atom is 0.129 e. The molecule has 1 atom stereocenters. The number of rotatable bonds is 1. The van der Waals surface area contributed by atoms with E-state index >= 15 is 0 Å². The van der Waals surface area contributed by atoms with Gasteiger partial charge in [0.1, 0.15) is 11.9 Å². The van der Waals surface area contributed by atoms with Gasteiger partial charge in [-0.25, -0.2) is 4.39 Å². The minimum atomic E-state index is -0.344. The molecule has 0 radical (unpaired) electrons. The summed E-state index contributed by atoms with van der Waals surface area (Å²) in [6, 6.07) is 0. The van der Waals surface area contributed by atoms with Gasteiger partial charge in [-0.15, -0.1) is 0 Å². The van der Waals surface area contributed by atoms with Crippen molar-refractivity contribution >= 4 is 0 Å². The van der Waals surface area contributed by atoms with Crippen LogP contribution in [0.1, 0.15) is 13.3 Å². The van der Waals surface area contributed by atoms with Crippen LogP contribution in [0.25, 0.3) is 0 Å². The van der Waals surface area contributed by atoms with E-state index in [2.05, 4.69) is 0 Å². The molecular formula is C8H11FO. The molecule has 10 heavy (non-hydrogen) atoms. The largest absolute Gasteiger partial charge is 0.374 e. The Morgan fingerprint density at radius 3 is 2.90 bits per heavy atom. The summed E-state index contributed by atoms with van der Waals surface area (Å²) in [6.07, 6.45) is 3.79. The van der Waals surface area contributed by atoms with Crippen LogP contribution in [-0.2, 0) is 4.74 Å². The molecule has 0 spiro atoms. The molecule has 0 amide bonds. The van der Waals surface area contributed by atoms with Gasteiger partial charge in [0.2, 0.25) is 0 Å². The number of hydrogen-bond acceptors (Lipinski definition) is 1. The molecule has 0 heterocycles. The molecule has 2 heteroatoms. The van der Waals surface area contributed by atoms with E-state index in [1.54, 1.807) is 0 Å². The summed E-state index contributed by atoms with van der Waals surface area (Å²) in [5, 5.41) is 0. The van der Waals surface area contributed by atoms with Gasteiger partial charge in [0.15, 0.2) is 0 Å². The molecule has 0 aromatic rings. The Hall–Kier alpha value is -0.630. The van der Waals surface area contributed by atoms with Crippen molar-refractivity contribution in [3.8, 4) is 0 Å². The van der Waals surface area contributed by atoms with Gasteiger partial charge in [0.25, 0.3) is 0 Å². The van der Waals surface area contributed by atoms with Gasteiger partial charge < -0.3 is 4.74 Å².